The van der Waals surface area contributed by atoms with Gasteiger partial charge in [0.2, 0.25) is 0 Å². The van der Waals surface area contributed by atoms with E-state index >= 15 is 0 Å². The molecule has 0 atom stereocenters. The zero-order valence-corrected chi connectivity index (χ0v) is 9.86. The summed E-state index contributed by atoms with van der Waals surface area (Å²) in [6, 6.07) is 0.856. The maximum absolute atomic E-state index is 3.70. The van der Waals surface area contributed by atoms with Gasteiger partial charge in [0.1, 0.15) is 0 Å². The molecule has 1 aliphatic carbocycles. The molecule has 0 aromatic rings. The summed E-state index contributed by atoms with van der Waals surface area (Å²) >= 11 is 0. The number of hydrogen-bond donors (Lipinski definition) is 1. The molecule has 0 unspecified atom stereocenters. The molecule has 0 saturated heterocycles. The lowest BCUT2D eigenvalue weighted by atomic mass is 9.95. The standard InChI is InChI=1S/C13H27N/c1-2-3-4-5-9-12-14-13-10-7-6-8-11-13/h13-14H,2-12H2,1H3. The molecule has 1 nitrogen and oxygen atoms in total. The molecule has 1 saturated carbocycles. The predicted octanol–water partition coefficient (Wildman–Crippen LogP) is 3.88. The number of rotatable bonds is 7. The fourth-order valence-corrected chi connectivity index (χ4v) is 2.34. The van der Waals surface area contributed by atoms with Crippen molar-refractivity contribution in [2.75, 3.05) is 6.54 Å². The largest absolute Gasteiger partial charge is 0.314 e. The van der Waals surface area contributed by atoms with Crippen LogP contribution < -0.4 is 5.32 Å². The minimum Gasteiger partial charge on any atom is -0.314 e. The highest BCUT2D eigenvalue weighted by molar-refractivity contribution is 4.71. The Kier molecular flexibility index (Phi) is 7.12. The van der Waals surface area contributed by atoms with Crippen LogP contribution in [-0.2, 0) is 0 Å². The van der Waals surface area contributed by atoms with Gasteiger partial charge in [0.15, 0.2) is 0 Å². The van der Waals surface area contributed by atoms with Gasteiger partial charge in [0.25, 0.3) is 0 Å². The SMILES string of the molecule is CCCCCCCNC1CCCCC1. The van der Waals surface area contributed by atoms with Crippen molar-refractivity contribution >= 4 is 0 Å². The molecule has 0 heterocycles. The van der Waals surface area contributed by atoms with E-state index in [-0.39, 0.29) is 0 Å². The Morgan fingerprint density at radius 2 is 1.64 bits per heavy atom. The maximum atomic E-state index is 3.70. The zero-order chi connectivity index (χ0) is 10.1. The van der Waals surface area contributed by atoms with Gasteiger partial charge >= 0.3 is 0 Å². The first kappa shape index (κ1) is 12.0. The van der Waals surface area contributed by atoms with Gasteiger partial charge in [0.05, 0.1) is 0 Å². The number of nitrogens with one attached hydrogen (secondary N) is 1. The summed E-state index contributed by atoms with van der Waals surface area (Å²) in [5, 5.41) is 3.70. The van der Waals surface area contributed by atoms with Crippen LogP contribution in [-0.4, -0.2) is 12.6 Å². The van der Waals surface area contributed by atoms with Crippen LogP contribution >= 0.6 is 0 Å². The van der Waals surface area contributed by atoms with Gasteiger partial charge in [-0.25, -0.2) is 0 Å². The molecule has 84 valence electrons. The van der Waals surface area contributed by atoms with Gasteiger partial charge in [-0.15, -0.1) is 0 Å². The summed E-state index contributed by atoms with van der Waals surface area (Å²) in [6.07, 6.45) is 14.2. The summed E-state index contributed by atoms with van der Waals surface area (Å²) in [7, 11) is 0. The van der Waals surface area contributed by atoms with Crippen LogP contribution in [0.4, 0.5) is 0 Å². The Hall–Kier alpha value is -0.0400. The molecule has 1 heteroatoms. The third kappa shape index (κ3) is 5.64. The predicted molar refractivity (Wildman–Crippen MR) is 63.6 cm³/mol. The van der Waals surface area contributed by atoms with E-state index in [4.69, 9.17) is 0 Å². The molecule has 14 heavy (non-hydrogen) atoms. The first-order valence-corrected chi connectivity index (χ1v) is 6.67. The van der Waals surface area contributed by atoms with Gasteiger partial charge in [-0.05, 0) is 25.8 Å². The van der Waals surface area contributed by atoms with E-state index in [1.54, 1.807) is 0 Å². The van der Waals surface area contributed by atoms with Gasteiger partial charge in [-0.1, -0.05) is 51.9 Å². The highest BCUT2D eigenvalue weighted by Crippen LogP contribution is 2.17. The third-order valence-corrected chi connectivity index (χ3v) is 3.32. The van der Waals surface area contributed by atoms with Crippen molar-refractivity contribution in [1.82, 2.24) is 5.32 Å². The summed E-state index contributed by atoms with van der Waals surface area (Å²) < 4.78 is 0. The van der Waals surface area contributed by atoms with Crippen molar-refractivity contribution in [2.24, 2.45) is 0 Å². The van der Waals surface area contributed by atoms with Crippen molar-refractivity contribution in [3.8, 4) is 0 Å². The van der Waals surface area contributed by atoms with Gasteiger partial charge < -0.3 is 5.32 Å². The van der Waals surface area contributed by atoms with Gasteiger partial charge in [-0.2, -0.15) is 0 Å². The zero-order valence-electron chi connectivity index (χ0n) is 9.86. The normalized spacial score (nSPS) is 18.6. The third-order valence-electron chi connectivity index (χ3n) is 3.32. The molecular formula is C13H27N. The summed E-state index contributed by atoms with van der Waals surface area (Å²) in [4.78, 5) is 0. The smallest absolute Gasteiger partial charge is 0.00670 e. The highest BCUT2D eigenvalue weighted by Gasteiger charge is 2.11. The lowest BCUT2D eigenvalue weighted by molar-refractivity contribution is 0.370. The quantitative estimate of drug-likeness (QED) is 0.611. The fraction of sp³-hybridized carbons (Fsp3) is 1.00. The summed E-state index contributed by atoms with van der Waals surface area (Å²) in [5.74, 6) is 0. The molecule has 0 bridgehead atoms. The summed E-state index contributed by atoms with van der Waals surface area (Å²) in [5.41, 5.74) is 0. The van der Waals surface area contributed by atoms with E-state index in [0.717, 1.165) is 6.04 Å². The highest BCUT2D eigenvalue weighted by atomic mass is 14.9. The van der Waals surface area contributed by atoms with E-state index in [9.17, 15) is 0 Å². The Bertz CT molecular complexity index is 116. The molecular weight excluding hydrogens is 170 g/mol. The Labute approximate surface area is 89.7 Å². The van der Waals surface area contributed by atoms with Crippen LogP contribution in [0.25, 0.3) is 0 Å². The average Bonchev–Trinajstić information content (AvgIpc) is 2.25. The van der Waals surface area contributed by atoms with Crippen LogP contribution in [0.15, 0.2) is 0 Å². The Morgan fingerprint density at radius 3 is 2.36 bits per heavy atom. The van der Waals surface area contributed by atoms with Crippen molar-refractivity contribution in [3.05, 3.63) is 0 Å². The van der Waals surface area contributed by atoms with Crippen molar-refractivity contribution < 1.29 is 0 Å². The molecule has 1 N–H and O–H groups in total. The average molecular weight is 197 g/mol. The molecule has 1 fully saturated rings. The van der Waals surface area contributed by atoms with Crippen LogP contribution in [0.5, 0.6) is 0 Å². The second kappa shape index (κ2) is 8.28. The maximum Gasteiger partial charge on any atom is 0.00670 e. The minimum atomic E-state index is 0.856. The van der Waals surface area contributed by atoms with Crippen molar-refractivity contribution in [3.63, 3.8) is 0 Å². The Morgan fingerprint density at radius 1 is 0.929 bits per heavy atom. The second-order valence-electron chi connectivity index (χ2n) is 4.70. The van der Waals surface area contributed by atoms with Gasteiger partial charge in [-0.3, -0.25) is 0 Å². The molecule has 1 rings (SSSR count). The molecule has 0 radical (unpaired) electrons. The van der Waals surface area contributed by atoms with E-state index in [0.29, 0.717) is 0 Å². The van der Waals surface area contributed by atoms with Crippen LogP contribution in [0.3, 0.4) is 0 Å². The lowest BCUT2D eigenvalue weighted by Crippen LogP contribution is -2.31. The van der Waals surface area contributed by atoms with Crippen molar-refractivity contribution in [1.29, 1.82) is 0 Å². The van der Waals surface area contributed by atoms with Gasteiger partial charge in [0, 0.05) is 6.04 Å². The van der Waals surface area contributed by atoms with E-state index in [1.165, 1.54) is 70.8 Å². The number of unbranched alkanes of at least 4 members (excludes halogenated alkanes) is 4. The van der Waals surface area contributed by atoms with E-state index in [1.807, 2.05) is 0 Å². The van der Waals surface area contributed by atoms with Crippen LogP contribution in [0, 0.1) is 0 Å². The molecule has 0 amide bonds. The van der Waals surface area contributed by atoms with Crippen molar-refractivity contribution in [2.45, 2.75) is 77.2 Å². The minimum absolute atomic E-state index is 0.856. The fourth-order valence-electron chi connectivity index (χ4n) is 2.34. The molecule has 0 spiro atoms. The molecule has 0 aromatic heterocycles. The molecule has 0 aromatic carbocycles. The van der Waals surface area contributed by atoms with E-state index < -0.39 is 0 Å². The van der Waals surface area contributed by atoms with Crippen LogP contribution in [0.2, 0.25) is 0 Å². The molecule has 0 aliphatic heterocycles. The first-order chi connectivity index (χ1) is 6.93. The molecule has 1 aliphatic rings. The number of hydrogen-bond acceptors (Lipinski definition) is 1. The summed E-state index contributed by atoms with van der Waals surface area (Å²) in [6.45, 7) is 3.54. The lowest BCUT2D eigenvalue weighted by Gasteiger charge is -2.22. The first-order valence-electron chi connectivity index (χ1n) is 6.67. The Balaban J connectivity index is 1.82. The second-order valence-corrected chi connectivity index (χ2v) is 4.70. The van der Waals surface area contributed by atoms with Crippen LogP contribution in [0.1, 0.15) is 71.1 Å². The topological polar surface area (TPSA) is 12.0 Å². The monoisotopic (exact) mass is 197 g/mol. The van der Waals surface area contributed by atoms with E-state index in [2.05, 4.69) is 12.2 Å².